The van der Waals surface area contributed by atoms with E-state index in [2.05, 4.69) is 5.32 Å². The molecule has 0 aliphatic heterocycles. The minimum absolute atomic E-state index is 0.135. The first-order valence-corrected chi connectivity index (χ1v) is 11.0. The Balaban J connectivity index is 1.71. The lowest BCUT2D eigenvalue weighted by Crippen LogP contribution is -2.50. The monoisotopic (exact) mass is 440 g/mol. The summed E-state index contributed by atoms with van der Waals surface area (Å²) in [4.78, 5) is 27.6. The number of rotatable bonds is 10. The average molecular weight is 441 g/mol. The summed E-state index contributed by atoms with van der Waals surface area (Å²) in [6.07, 6.45) is 4.24. The van der Waals surface area contributed by atoms with Crippen LogP contribution in [0, 0.1) is 0 Å². The van der Waals surface area contributed by atoms with Gasteiger partial charge in [0.1, 0.15) is 23.3 Å². The zero-order valence-electron chi connectivity index (χ0n) is 19.0. The summed E-state index contributed by atoms with van der Waals surface area (Å²) in [5, 5.41) is 3.10. The lowest BCUT2D eigenvalue weighted by atomic mass is 10.1. The van der Waals surface area contributed by atoms with E-state index in [4.69, 9.17) is 14.2 Å². The van der Waals surface area contributed by atoms with Crippen molar-refractivity contribution in [2.45, 2.75) is 51.2 Å². The number of carbonyl (C=O) groups is 2. The van der Waals surface area contributed by atoms with E-state index in [1.54, 1.807) is 44.2 Å². The van der Waals surface area contributed by atoms with Crippen molar-refractivity contribution >= 4 is 11.8 Å². The molecule has 0 aromatic heterocycles. The minimum atomic E-state index is -0.619. The van der Waals surface area contributed by atoms with Gasteiger partial charge in [-0.25, -0.2) is 0 Å². The second-order valence-corrected chi connectivity index (χ2v) is 8.01. The molecular formula is C25H32N2O5. The van der Waals surface area contributed by atoms with Gasteiger partial charge in [-0.3, -0.25) is 9.59 Å². The molecule has 32 heavy (non-hydrogen) atoms. The Morgan fingerprint density at radius 2 is 1.59 bits per heavy atom. The van der Waals surface area contributed by atoms with E-state index in [1.807, 2.05) is 30.3 Å². The van der Waals surface area contributed by atoms with Crippen molar-refractivity contribution in [2.24, 2.45) is 0 Å². The number of benzene rings is 2. The van der Waals surface area contributed by atoms with Crippen LogP contribution in [-0.2, 0) is 16.1 Å². The molecule has 3 rings (SSSR count). The molecule has 0 heterocycles. The van der Waals surface area contributed by atoms with Crippen molar-refractivity contribution in [3.05, 3.63) is 54.1 Å². The Morgan fingerprint density at radius 3 is 2.19 bits per heavy atom. The fraction of sp³-hybridized carbons (Fsp3) is 0.440. The molecule has 2 aromatic rings. The van der Waals surface area contributed by atoms with Gasteiger partial charge in [0.25, 0.3) is 5.91 Å². The highest BCUT2D eigenvalue weighted by molar-refractivity contribution is 5.88. The van der Waals surface area contributed by atoms with Crippen LogP contribution in [0.4, 0.5) is 0 Å². The summed E-state index contributed by atoms with van der Waals surface area (Å²) in [5.41, 5.74) is 0.949. The molecule has 1 saturated carbocycles. The molecule has 7 heteroatoms. The fourth-order valence-corrected chi connectivity index (χ4v) is 3.85. The molecular weight excluding hydrogens is 408 g/mol. The molecule has 1 aliphatic rings. The quantitative estimate of drug-likeness (QED) is 0.611. The number of ether oxygens (including phenoxy) is 3. The molecule has 0 spiro atoms. The largest absolute Gasteiger partial charge is 0.496 e. The third-order valence-corrected chi connectivity index (χ3v) is 5.75. The van der Waals surface area contributed by atoms with Gasteiger partial charge in [0.15, 0.2) is 6.61 Å². The van der Waals surface area contributed by atoms with Crippen molar-refractivity contribution in [3.63, 3.8) is 0 Å². The van der Waals surface area contributed by atoms with E-state index in [0.717, 1.165) is 31.2 Å². The summed E-state index contributed by atoms with van der Waals surface area (Å²) >= 11 is 0. The number of methoxy groups -OCH3 is 2. The Bertz CT molecular complexity index is 874. The predicted molar refractivity (Wildman–Crippen MR) is 122 cm³/mol. The van der Waals surface area contributed by atoms with Gasteiger partial charge >= 0.3 is 0 Å². The smallest absolute Gasteiger partial charge is 0.261 e. The first-order valence-electron chi connectivity index (χ1n) is 11.0. The van der Waals surface area contributed by atoms with Gasteiger partial charge in [-0.2, -0.15) is 0 Å². The molecule has 1 aliphatic carbocycles. The second-order valence-electron chi connectivity index (χ2n) is 8.01. The normalized spacial score (nSPS) is 14.5. The first-order chi connectivity index (χ1) is 15.5. The minimum Gasteiger partial charge on any atom is -0.496 e. The maximum absolute atomic E-state index is 13.2. The van der Waals surface area contributed by atoms with E-state index >= 15 is 0 Å². The van der Waals surface area contributed by atoms with Crippen LogP contribution in [0.1, 0.15) is 38.2 Å². The molecule has 0 saturated heterocycles. The topological polar surface area (TPSA) is 77.1 Å². The van der Waals surface area contributed by atoms with Crippen molar-refractivity contribution in [1.82, 2.24) is 10.2 Å². The lowest BCUT2D eigenvalue weighted by molar-refractivity contribution is -0.142. The highest BCUT2D eigenvalue weighted by Crippen LogP contribution is 2.27. The third-order valence-electron chi connectivity index (χ3n) is 5.75. The molecule has 0 bridgehead atoms. The highest BCUT2D eigenvalue weighted by Gasteiger charge is 2.28. The summed E-state index contributed by atoms with van der Waals surface area (Å²) < 4.78 is 16.3. The van der Waals surface area contributed by atoms with Gasteiger partial charge in [0.2, 0.25) is 5.91 Å². The van der Waals surface area contributed by atoms with Gasteiger partial charge in [-0.15, -0.1) is 0 Å². The van der Waals surface area contributed by atoms with Crippen LogP contribution in [0.3, 0.4) is 0 Å². The summed E-state index contributed by atoms with van der Waals surface area (Å²) in [7, 11) is 3.10. The number of nitrogens with one attached hydrogen (secondary N) is 1. The zero-order chi connectivity index (χ0) is 22.9. The fourth-order valence-electron chi connectivity index (χ4n) is 3.85. The lowest BCUT2D eigenvalue weighted by Gasteiger charge is -2.29. The SMILES string of the molecule is COc1cc(OC)cc(OCC(=O)N(Cc2ccccc2)C(C)C(=O)NC2CCCC2)c1. The molecule has 2 aromatic carbocycles. The molecule has 1 atom stereocenters. The van der Waals surface area contributed by atoms with Gasteiger partial charge < -0.3 is 24.4 Å². The summed E-state index contributed by atoms with van der Waals surface area (Å²) in [6, 6.07) is 14.3. The standard InChI is InChI=1S/C25H32N2O5/c1-18(25(29)26-20-11-7-8-12-20)27(16-19-9-5-4-6-10-19)24(28)17-32-23-14-21(30-2)13-22(15-23)31-3/h4-6,9-10,13-15,18,20H,7-8,11-12,16-17H2,1-3H3,(H,26,29). The van der Waals surface area contributed by atoms with Crippen LogP contribution in [-0.4, -0.2) is 49.6 Å². The number of nitrogens with zero attached hydrogens (tertiary/aromatic N) is 1. The first kappa shape index (κ1) is 23.4. The summed E-state index contributed by atoms with van der Waals surface area (Å²) in [6.45, 7) is 1.88. The van der Waals surface area contributed by atoms with Gasteiger partial charge in [0, 0.05) is 30.8 Å². The Labute approximate surface area is 189 Å². The average Bonchev–Trinajstić information content (AvgIpc) is 3.33. The Morgan fingerprint density at radius 1 is 1.00 bits per heavy atom. The maximum Gasteiger partial charge on any atom is 0.261 e. The summed E-state index contributed by atoms with van der Waals surface area (Å²) in [5.74, 6) is 1.18. The van der Waals surface area contributed by atoms with Gasteiger partial charge in [-0.05, 0) is 25.3 Å². The van der Waals surface area contributed by atoms with Crippen LogP contribution in [0.2, 0.25) is 0 Å². The number of amides is 2. The van der Waals surface area contributed by atoms with Gasteiger partial charge in [-0.1, -0.05) is 43.2 Å². The van der Waals surface area contributed by atoms with Crippen molar-refractivity contribution in [2.75, 3.05) is 20.8 Å². The maximum atomic E-state index is 13.2. The number of hydrogen-bond acceptors (Lipinski definition) is 5. The van der Waals surface area contributed by atoms with Crippen molar-refractivity contribution in [3.8, 4) is 17.2 Å². The molecule has 7 nitrogen and oxygen atoms in total. The molecule has 0 radical (unpaired) electrons. The van der Waals surface area contributed by atoms with Crippen LogP contribution < -0.4 is 19.5 Å². The Hall–Kier alpha value is -3.22. The molecule has 1 fully saturated rings. The molecule has 2 amide bonds. The van der Waals surface area contributed by atoms with E-state index in [0.29, 0.717) is 23.8 Å². The van der Waals surface area contributed by atoms with Gasteiger partial charge in [0.05, 0.1) is 14.2 Å². The molecule has 1 N–H and O–H groups in total. The molecule has 172 valence electrons. The van der Waals surface area contributed by atoms with Crippen LogP contribution >= 0.6 is 0 Å². The van der Waals surface area contributed by atoms with Crippen molar-refractivity contribution in [1.29, 1.82) is 0 Å². The predicted octanol–water partition coefficient (Wildman–Crippen LogP) is 3.56. The van der Waals surface area contributed by atoms with E-state index in [1.165, 1.54) is 0 Å². The van der Waals surface area contributed by atoms with E-state index in [9.17, 15) is 9.59 Å². The van der Waals surface area contributed by atoms with E-state index in [-0.39, 0.29) is 24.5 Å². The van der Waals surface area contributed by atoms with E-state index < -0.39 is 6.04 Å². The third kappa shape index (κ3) is 6.39. The zero-order valence-corrected chi connectivity index (χ0v) is 19.0. The Kier molecular flexibility index (Phi) is 8.36. The highest BCUT2D eigenvalue weighted by atomic mass is 16.5. The molecule has 1 unspecified atom stereocenters. The van der Waals surface area contributed by atoms with Crippen LogP contribution in [0.15, 0.2) is 48.5 Å². The number of carbonyl (C=O) groups excluding carboxylic acids is 2. The second kappa shape index (κ2) is 11.4. The van der Waals surface area contributed by atoms with Crippen molar-refractivity contribution < 1.29 is 23.8 Å². The van der Waals surface area contributed by atoms with Crippen LogP contribution in [0.5, 0.6) is 17.2 Å². The number of hydrogen-bond donors (Lipinski definition) is 1. The van der Waals surface area contributed by atoms with Crippen LogP contribution in [0.25, 0.3) is 0 Å².